The van der Waals surface area contributed by atoms with E-state index in [2.05, 4.69) is 25.6 Å². The molecule has 3 aromatic heterocycles. The first kappa shape index (κ1) is 25.4. The largest absolute Gasteiger partial charge is 0.478 e. The van der Waals surface area contributed by atoms with Gasteiger partial charge in [0.1, 0.15) is 22.8 Å². The number of furan rings is 1. The Hall–Kier alpha value is -2.70. The zero-order valence-corrected chi connectivity index (χ0v) is 20.5. The van der Waals surface area contributed by atoms with Crippen LogP contribution in [0, 0.1) is 12.8 Å². The molecule has 12 heteroatoms. The minimum absolute atomic E-state index is 0.129. The third-order valence-electron chi connectivity index (χ3n) is 6.00. The summed E-state index contributed by atoms with van der Waals surface area (Å²) in [6.07, 6.45) is -1.82. The number of halogens is 1. The predicted octanol–water partition coefficient (Wildman–Crippen LogP) is 2.22. The number of aliphatic hydroxyl groups excluding tert-OH is 3. The summed E-state index contributed by atoms with van der Waals surface area (Å²) in [5.41, 5.74) is 1.62. The molecule has 4 atom stereocenters. The zero-order chi connectivity index (χ0) is 25.1. The summed E-state index contributed by atoms with van der Waals surface area (Å²) in [6, 6.07) is 3.01. The number of aromatic nitrogens is 3. The zero-order valence-electron chi connectivity index (χ0n) is 19.8. The number of methoxy groups -OCH3 is 1. The van der Waals surface area contributed by atoms with E-state index in [9.17, 15) is 15.3 Å². The Morgan fingerprint density at radius 1 is 1.20 bits per heavy atom. The molecule has 0 unspecified atom stereocenters. The summed E-state index contributed by atoms with van der Waals surface area (Å²) in [5, 5.41) is 37.5. The normalized spacial score (nSPS) is 22.0. The number of anilines is 2. The molecular formula is C23H30ClN5O6. The Kier molecular flexibility index (Phi) is 7.92. The van der Waals surface area contributed by atoms with E-state index >= 15 is 0 Å². The van der Waals surface area contributed by atoms with Gasteiger partial charge in [-0.05, 0) is 26.3 Å². The maximum Gasteiger partial charge on any atom is 0.226 e. The van der Waals surface area contributed by atoms with E-state index in [0.29, 0.717) is 60.5 Å². The minimum atomic E-state index is -1.10. The molecule has 0 aromatic carbocycles. The number of nitrogens with zero attached hydrogens (tertiary/aromatic N) is 3. The number of fused-ring (bicyclic) bond motifs is 1. The molecule has 0 saturated heterocycles. The number of hydrogen-bond acceptors (Lipinski definition) is 11. The Bertz CT molecular complexity index is 1170. The number of hydrogen-bond donors (Lipinski definition) is 5. The quantitative estimate of drug-likeness (QED) is 0.202. The van der Waals surface area contributed by atoms with E-state index in [1.807, 2.05) is 13.8 Å². The molecule has 0 amide bonds. The van der Waals surface area contributed by atoms with Gasteiger partial charge < -0.3 is 39.8 Å². The lowest BCUT2D eigenvalue weighted by Crippen LogP contribution is -2.35. The maximum atomic E-state index is 10.5. The minimum Gasteiger partial charge on any atom is -0.478 e. The summed E-state index contributed by atoms with van der Waals surface area (Å²) in [5.74, 6) is 1.01. The predicted molar refractivity (Wildman–Crippen MR) is 131 cm³/mol. The Balaban J connectivity index is 1.76. The fraction of sp³-hybridized carbons (Fsp3) is 0.522. The summed E-state index contributed by atoms with van der Waals surface area (Å²) in [4.78, 5) is 13.3. The summed E-state index contributed by atoms with van der Waals surface area (Å²) in [7, 11) is 1.59. The van der Waals surface area contributed by atoms with Crippen molar-refractivity contribution in [1.29, 1.82) is 0 Å². The lowest BCUT2D eigenvalue weighted by Gasteiger charge is -2.21. The summed E-state index contributed by atoms with van der Waals surface area (Å²) >= 11 is 6.62. The molecule has 1 fully saturated rings. The highest BCUT2D eigenvalue weighted by atomic mass is 35.5. The number of nitrogens with one attached hydrogen (secondary N) is 2. The topological polar surface area (TPSA) is 155 Å². The van der Waals surface area contributed by atoms with Crippen LogP contribution in [0.25, 0.3) is 22.3 Å². The van der Waals surface area contributed by atoms with Crippen molar-refractivity contribution in [2.24, 2.45) is 5.92 Å². The highest BCUT2D eigenvalue weighted by molar-refractivity contribution is 6.32. The molecule has 1 aliphatic carbocycles. The lowest BCUT2D eigenvalue weighted by molar-refractivity contribution is 0.00446. The van der Waals surface area contributed by atoms with Gasteiger partial charge in [-0.25, -0.2) is 9.97 Å². The number of aryl methyl sites for hydroxylation is 1. The van der Waals surface area contributed by atoms with Crippen LogP contribution in [0.5, 0.6) is 5.88 Å². The maximum absolute atomic E-state index is 10.5. The van der Waals surface area contributed by atoms with Gasteiger partial charge in [0.15, 0.2) is 5.58 Å². The second-order valence-electron chi connectivity index (χ2n) is 8.40. The van der Waals surface area contributed by atoms with Gasteiger partial charge in [0, 0.05) is 37.6 Å². The Morgan fingerprint density at radius 2 is 2.00 bits per heavy atom. The molecule has 0 radical (unpaired) electrons. The first-order valence-corrected chi connectivity index (χ1v) is 11.8. The first-order chi connectivity index (χ1) is 16.9. The van der Waals surface area contributed by atoms with Gasteiger partial charge in [0.2, 0.25) is 11.8 Å². The van der Waals surface area contributed by atoms with Crippen molar-refractivity contribution in [3.05, 3.63) is 23.0 Å². The molecule has 35 heavy (non-hydrogen) atoms. The number of rotatable bonds is 10. The Morgan fingerprint density at radius 3 is 2.69 bits per heavy atom. The molecule has 4 rings (SSSR count). The van der Waals surface area contributed by atoms with Crippen LogP contribution in [0.2, 0.25) is 5.15 Å². The van der Waals surface area contributed by atoms with Gasteiger partial charge in [0.05, 0.1) is 36.6 Å². The SMILES string of the molecule is CCOc1cc2cc(-c3c(Cl)nc(NCCOC)nc3N[C@@H]3C[C@H](CO)[C@@H](O)[C@H]3O)oc2c(C)n1. The molecule has 1 saturated carbocycles. The van der Waals surface area contributed by atoms with E-state index in [1.165, 1.54) is 0 Å². The van der Waals surface area contributed by atoms with Gasteiger partial charge in [-0.3, -0.25) is 0 Å². The van der Waals surface area contributed by atoms with Crippen molar-refractivity contribution < 1.29 is 29.2 Å². The van der Waals surface area contributed by atoms with Crippen molar-refractivity contribution in [2.45, 2.75) is 38.5 Å². The summed E-state index contributed by atoms with van der Waals surface area (Å²) in [6.45, 7) is 4.85. The molecule has 11 nitrogen and oxygen atoms in total. The number of pyridine rings is 1. The van der Waals surface area contributed by atoms with Crippen LogP contribution in [0.1, 0.15) is 19.0 Å². The third-order valence-corrected chi connectivity index (χ3v) is 6.27. The van der Waals surface area contributed by atoms with Crippen LogP contribution in [-0.2, 0) is 4.74 Å². The van der Waals surface area contributed by atoms with E-state index in [4.69, 9.17) is 25.5 Å². The van der Waals surface area contributed by atoms with Crippen LogP contribution in [0.3, 0.4) is 0 Å². The second-order valence-corrected chi connectivity index (χ2v) is 8.76. The molecule has 0 bridgehead atoms. The van der Waals surface area contributed by atoms with Crippen molar-refractivity contribution in [3.63, 3.8) is 0 Å². The van der Waals surface area contributed by atoms with Crippen molar-refractivity contribution in [2.75, 3.05) is 44.1 Å². The molecular weight excluding hydrogens is 478 g/mol. The lowest BCUT2D eigenvalue weighted by atomic mass is 10.1. The van der Waals surface area contributed by atoms with E-state index in [-0.39, 0.29) is 17.7 Å². The number of aliphatic hydroxyl groups is 3. The van der Waals surface area contributed by atoms with Crippen molar-refractivity contribution in [3.8, 4) is 17.2 Å². The highest BCUT2D eigenvalue weighted by Crippen LogP contribution is 2.40. The molecule has 190 valence electrons. The molecule has 3 heterocycles. The van der Waals surface area contributed by atoms with Gasteiger partial charge >= 0.3 is 0 Å². The van der Waals surface area contributed by atoms with E-state index in [0.717, 1.165) is 5.39 Å². The third kappa shape index (κ3) is 5.29. The highest BCUT2D eigenvalue weighted by Gasteiger charge is 2.41. The number of ether oxygens (including phenoxy) is 2. The van der Waals surface area contributed by atoms with Crippen LogP contribution < -0.4 is 15.4 Å². The molecule has 3 aromatic rings. The fourth-order valence-electron chi connectivity index (χ4n) is 4.25. The Labute approximate surface area is 207 Å². The molecule has 0 aliphatic heterocycles. The van der Waals surface area contributed by atoms with Gasteiger partial charge in [0.25, 0.3) is 0 Å². The average Bonchev–Trinajstić information content (AvgIpc) is 3.36. The van der Waals surface area contributed by atoms with Crippen molar-refractivity contribution in [1.82, 2.24) is 15.0 Å². The van der Waals surface area contributed by atoms with Crippen LogP contribution >= 0.6 is 11.6 Å². The summed E-state index contributed by atoms with van der Waals surface area (Å²) < 4.78 is 16.7. The fourth-order valence-corrected chi connectivity index (χ4v) is 4.51. The van der Waals surface area contributed by atoms with Crippen molar-refractivity contribution >= 4 is 34.3 Å². The van der Waals surface area contributed by atoms with Gasteiger partial charge in [-0.15, -0.1) is 0 Å². The van der Waals surface area contributed by atoms with Crippen LogP contribution in [0.15, 0.2) is 16.5 Å². The second kappa shape index (κ2) is 10.9. The smallest absolute Gasteiger partial charge is 0.226 e. The molecule has 1 aliphatic rings. The van der Waals surface area contributed by atoms with E-state index < -0.39 is 24.2 Å². The van der Waals surface area contributed by atoms with Gasteiger partial charge in [-0.1, -0.05) is 11.6 Å². The van der Waals surface area contributed by atoms with E-state index in [1.54, 1.807) is 19.2 Å². The monoisotopic (exact) mass is 507 g/mol. The molecule has 5 N–H and O–H groups in total. The molecule has 0 spiro atoms. The van der Waals surface area contributed by atoms with Crippen LogP contribution in [-0.4, -0.2) is 82.0 Å². The van der Waals surface area contributed by atoms with Gasteiger partial charge in [-0.2, -0.15) is 4.98 Å². The standard InChI is InChI=1S/C23H30ClN5O6/c1-4-34-16-9-12-8-15(35-20(12)11(2)26-16)17-21(24)28-23(25-5-6-33-3)29-22(17)27-14-7-13(10-30)18(31)19(14)32/h8-9,13-14,18-19,30-32H,4-7,10H2,1-3H3,(H2,25,27,28,29)/t13-,14-,18-,19+/m1/s1. The average molecular weight is 508 g/mol. The first-order valence-electron chi connectivity index (χ1n) is 11.4. The van der Waals surface area contributed by atoms with Crippen LogP contribution in [0.4, 0.5) is 11.8 Å².